The average Bonchev–Trinajstić information content (AvgIpc) is 3.62. The molecular formula is C56H35N3. The van der Waals surface area contributed by atoms with Crippen LogP contribution in [0.3, 0.4) is 0 Å². The summed E-state index contributed by atoms with van der Waals surface area (Å²) >= 11 is 0. The molecule has 0 aliphatic heterocycles. The molecule has 12 rings (SSSR count). The van der Waals surface area contributed by atoms with Crippen molar-refractivity contribution in [3.8, 4) is 45.3 Å². The van der Waals surface area contributed by atoms with Gasteiger partial charge in [-0.1, -0.05) is 194 Å². The van der Waals surface area contributed by atoms with E-state index in [1.54, 1.807) is 0 Å². The van der Waals surface area contributed by atoms with Crippen LogP contribution in [0, 0.1) is 0 Å². The van der Waals surface area contributed by atoms with Crippen molar-refractivity contribution in [3.05, 3.63) is 235 Å². The van der Waals surface area contributed by atoms with Crippen molar-refractivity contribution in [2.24, 2.45) is 0 Å². The van der Waals surface area contributed by atoms with Gasteiger partial charge < -0.3 is 0 Å². The Hall–Kier alpha value is -7.75. The Bertz CT molecular complexity index is 3270. The van der Waals surface area contributed by atoms with Crippen LogP contribution in [0.5, 0.6) is 0 Å². The first-order chi connectivity index (χ1) is 29.3. The van der Waals surface area contributed by atoms with Gasteiger partial charge in [0.05, 0.1) is 5.41 Å². The zero-order chi connectivity index (χ0) is 38.9. The molecule has 0 N–H and O–H groups in total. The van der Waals surface area contributed by atoms with E-state index in [0.29, 0.717) is 17.5 Å². The third-order valence-electron chi connectivity index (χ3n) is 12.4. The van der Waals surface area contributed by atoms with Crippen LogP contribution in [-0.2, 0) is 5.41 Å². The molecule has 59 heavy (non-hydrogen) atoms. The lowest BCUT2D eigenvalue weighted by atomic mass is 9.67. The summed E-state index contributed by atoms with van der Waals surface area (Å²) in [4.78, 5) is 16.3. The quantitative estimate of drug-likeness (QED) is 0.165. The molecule has 0 atom stereocenters. The van der Waals surface area contributed by atoms with Gasteiger partial charge in [-0.25, -0.2) is 15.0 Å². The summed E-state index contributed by atoms with van der Waals surface area (Å²) in [5.41, 5.74) is 9.72. The predicted octanol–water partition coefficient (Wildman–Crippen LogP) is 13.8. The van der Waals surface area contributed by atoms with Gasteiger partial charge in [-0.2, -0.15) is 0 Å². The van der Waals surface area contributed by atoms with E-state index in [-0.39, 0.29) is 0 Å². The summed E-state index contributed by atoms with van der Waals surface area (Å²) in [5.74, 6) is 1.92. The molecule has 0 spiro atoms. The Labute approximate surface area is 342 Å². The van der Waals surface area contributed by atoms with Crippen molar-refractivity contribution in [2.45, 2.75) is 5.41 Å². The lowest BCUT2D eigenvalue weighted by Gasteiger charge is -2.34. The number of hydrogen-bond acceptors (Lipinski definition) is 3. The fraction of sp³-hybridized carbons (Fsp3) is 0.0179. The first-order valence-electron chi connectivity index (χ1n) is 20.2. The van der Waals surface area contributed by atoms with Crippen LogP contribution in [0.15, 0.2) is 212 Å². The molecule has 1 aliphatic rings. The van der Waals surface area contributed by atoms with E-state index in [2.05, 4.69) is 212 Å². The van der Waals surface area contributed by atoms with Crippen LogP contribution in [0.4, 0.5) is 0 Å². The summed E-state index contributed by atoms with van der Waals surface area (Å²) in [7, 11) is 0. The molecule has 0 unspecified atom stereocenters. The van der Waals surface area contributed by atoms with Gasteiger partial charge in [0.2, 0.25) is 0 Å². The van der Waals surface area contributed by atoms with Crippen LogP contribution in [-0.4, -0.2) is 15.0 Å². The van der Waals surface area contributed by atoms with E-state index in [4.69, 9.17) is 15.0 Å². The van der Waals surface area contributed by atoms with E-state index in [1.165, 1.54) is 54.9 Å². The monoisotopic (exact) mass is 749 g/mol. The lowest BCUT2D eigenvalue weighted by molar-refractivity contribution is 0.768. The molecule has 3 nitrogen and oxygen atoms in total. The Balaban J connectivity index is 1.17. The van der Waals surface area contributed by atoms with Gasteiger partial charge in [-0.05, 0) is 94.7 Å². The van der Waals surface area contributed by atoms with E-state index in [0.717, 1.165) is 38.2 Å². The largest absolute Gasteiger partial charge is 0.208 e. The van der Waals surface area contributed by atoms with Crippen molar-refractivity contribution in [1.82, 2.24) is 15.0 Å². The maximum Gasteiger partial charge on any atom is 0.164 e. The zero-order valence-corrected chi connectivity index (χ0v) is 32.0. The summed E-state index contributed by atoms with van der Waals surface area (Å²) < 4.78 is 0. The second-order valence-corrected chi connectivity index (χ2v) is 15.5. The van der Waals surface area contributed by atoms with Crippen LogP contribution >= 0.6 is 0 Å². The van der Waals surface area contributed by atoms with E-state index < -0.39 is 5.41 Å². The van der Waals surface area contributed by atoms with Gasteiger partial charge in [0.25, 0.3) is 0 Å². The maximum atomic E-state index is 5.44. The SMILES string of the molecule is c1ccc(C2(c3ccccc3)c3ccccc3-c3ccc(-c4nc(-c5cc6ccccc6c6ccccc56)nc(-c5cc6ccccc6c6ccccc56)n4)cc32)cc1. The molecule has 1 aromatic heterocycles. The summed E-state index contributed by atoms with van der Waals surface area (Å²) in [6, 6.07) is 76.4. The van der Waals surface area contributed by atoms with Crippen LogP contribution in [0.2, 0.25) is 0 Å². The molecule has 0 radical (unpaired) electrons. The topological polar surface area (TPSA) is 38.7 Å². The lowest BCUT2D eigenvalue weighted by Crippen LogP contribution is -2.28. The second-order valence-electron chi connectivity index (χ2n) is 15.5. The minimum atomic E-state index is -0.549. The molecular weight excluding hydrogens is 715 g/mol. The number of hydrogen-bond donors (Lipinski definition) is 0. The minimum Gasteiger partial charge on any atom is -0.208 e. The molecule has 0 saturated heterocycles. The second kappa shape index (κ2) is 13.2. The summed E-state index contributed by atoms with van der Waals surface area (Å²) in [5, 5.41) is 9.26. The van der Waals surface area contributed by atoms with Crippen molar-refractivity contribution in [3.63, 3.8) is 0 Å². The fourth-order valence-electron chi connectivity index (χ4n) is 9.81. The minimum absolute atomic E-state index is 0.549. The fourth-order valence-corrected chi connectivity index (χ4v) is 9.81. The highest BCUT2D eigenvalue weighted by atomic mass is 15.0. The average molecular weight is 750 g/mol. The number of fused-ring (bicyclic) bond motifs is 9. The first kappa shape index (κ1) is 33.4. The third-order valence-corrected chi connectivity index (χ3v) is 12.4. The van der Waals surface area contributed by atoms with Crippen LogP contribution in [0.1, 0.15) is 22.3 Å². The summed E-state index contributed by atoms with van der Waals surface area (Å²) in [6.07, 6.45) is 0. The highest BCUT2D eigenvalue weighted by Crippen LogP contribution is 2.56. The number of aromatic nitrogens is 3. The van der Waals surface area contributed by atoms with Gasteiger partial charge >= 0.3 is 0 Å². The van der Waals surface area contributed by atoms with Crippen molar-refractivity contribution >= 4 is 43.1 Å². The van der Waals surface area contributed by atoms with Crippen molar-refractivity contribution in [2.75, 3.05) is 0 Å². The van der Waals surface area contributed by atoms with E-state index in [9.17, 15) is 0 Å². The van der Waals surface area contributed by atoms with E-state index >= 15 is 0 Å². The van der Waals surface area contributed by atoms with Gasteiger partial charge in [0, 0.05) is 16.7 Å². The summed E-state index contributed by atoms with van der Waals surface area (Å²) in [6.45, 7) is 0. The smallest absolute Gasteiger partial charge is 0.164 e. The van der Waals surface area contributed by atoms with Gasteiger partial charge in [0.15, 0.2) is 17.5 Å². The van der Waals surface area contributed by atoms with Crippen LogP contribution < -0.4 is 0 Å². The molecule has 1 heterocycles. The Kier molecular flexibility index (Phi) is 7.45. The third kappa shape index (κ3) is 5.05. The standard InChI is InChI=1S/C56H35N3/c1-3-19-39(20-4-1)56(40-21-5-2-6-22-40)51-30-16-15-29-47(51)48-32-31-38(35-52(48)56)53-57-54(49-33-36-17-7-9-23-41(36)43-25-11-13-27-45(43)49)59-55(58-53)50-34-37-18-8-10-24-42(37)44-26-12-14-28-46(44)50/h1-35H. The highest BCUT2D eigenvalue weighted by Gasteiger charge is 2.46. The molecule has 1 aliphatic carbocycles. The Morgan fingerprint density at radius 1 is 0.271 bits per heavy atom. The highest BCUT2D eigenvalue weighted by molar-refractivity contribution is 6.14. The number of benzene rings is 10. The normalized spacial score (nSPS) is 12.9. The molecule has 0 bridgehead atoms. The Morgan fingerprint density at radius 2 is 0.695 bits per heavy atom. The number of nitrogens with zero attached hydrogens (tertiary/aromatic N) is 3. The molecule has 3 heteroatoms. The Morgan fingerprint density at radius 3 is 1.25 bits per heavy atom. The zero-order valence-electron chi connectivity index (χ0n) is 32.0. The molecule has 274 valence electrons. The molecule has 0 fully saturated rings. The predicted molar refractivity (Wildman–Crippen MR) is 243 cm³/mol. The van der Waals surface area contributed by atoms with Gasteiger partial charge in [-0.3, -0.25) is 0 Å². The van der Waals surface area contributed by atoms with E-state index in [1.807, 2.05) is 0 Å². The van der Waals surface area contributed by atoms with Gasteiger partial charge in [-0.15, -0.1) is 0 Å². The maximum absolute atomic E-state index is 5.44. The van der Waals surface area contributed by atoms with Crippen LogP contribution in [0.25, 0.3) is 88.4 Å². The van der Waals surface area contributed by atoms with Crippen molar-refractivity contribution < 1.29 is 0 Å². The molecule has 10 aromatic carbocycles. The van der Waals surface area contributed by atoms with Gasteiger partial charge in [0.1, 0.15) is 0 Å². The molecule has 11 aromatic rings. The first-order valence-corrected chi connectivity index (χ1v) is 20.2. The number of rotatable bonds is 5. The molecule has 0 amide bonds. The van der Waals surface area contributed by atoms with Crippen molar-refractivity contribution in [1.29, 1.82) is 0 Å². The molecule has 0 saturated carbocycles.